The van der Waals surface area contributed by atoms with Crippen LogP contribution in [0.15, 0.2) is 30.5 Å². The monoisotopic (exact) mass is 544 g/mol. The van der Waals surface area contributed by atoms with E-state index >= 15 is 0 Å². The van der Waals surface area contributed by atoms with Gasteiger partial charge < -0.3 is 25.5 Å². The van der Waals surface area contributed by atoms with Crippen molar-refractivity contribution < 1.29 is 13.9 Å². The molecule has 1 saturated carbocycles. The fraction of sp³-hybridized carbons (Fsp3) is 0.423. The molecule has 194 valence electrons. The molecule has 4 N–H and O–H groups in total. The average molecular weight is 545 g/mol. The number of anilines is 2. The lowest BCUT2D eigenvalue weighted by Gasteiger charge is -2.32. The summed E-state index contributed by atoms with van der Waals surface area (Å²) in [5.41, 5.74) is 13.7. The molecule has 0 unspecified atom stereocenters. The van der Waals surface area contributed by atoms with E-state index in [1.165, 1.54) is 6.07 Å². The van der Waals surface area contributed by atoms with Gasteiger partial charge in [-0.2, -0.15) is 4.98 Å². The molecule has 4 aromatic rings. The van der Waals surface area contributed by atoms with E-state index in [1.54, 1.807) is 6.07 Å². The van der Waals surface area contributed by atoms with Crippen molar-refractivity contribution in [2.45, 2.75) is 64.1 Å². The molecule has 1 aliphatic heterocycles. The normalized spacial score (nSPS) is 26.8. The van der Waals surface area contributed by atoms with Gasteiger partial charge in [0.2, 0.25) is 5.28 Å². The lowest BCUT2D eigenvalue weighted by Crippen LogP contribution is -2.34. The van der Waals surface area contributed by atoms with Crippen molar-refractivity contribution >= 4 is 56.8 Å². The summed E-state index contributed by atoms with van der Waals surface area (Å²) in [6.45, 7) is 6.05. The molecule has 0 amide bonds. The lowest BCUT2D eigenvalue weighted by molar-refractivity contribution is -0.168. The maximum Gasteiger partial charge on any atom is 0.226 e. The van der Waals surface area contributed by atoms with E-state index in [4.69, 9.17) is 44.1 Å². The zero-order valence-corrected chi connectivity index (χ0v) is 22.1. The number of nitrogens with two attached hydrogens (primary N) is 2. The SMILES string of the molecule is CC1(C)O[C@H]2[C@H](n3ccc4c(N)nc(Cl)nc43)C[C@](C)(CCc3cc(F)c4cc(Cl)c(N)nc4c3)[C@H]2O1. The Morgan fingerprint density at radius 1 is 1.05 bits per heavy atom. The number of nitrogen functional groups attached to an aromatic ring is 2. The summed E-state index contributed by atoms with van der Waals surface area (Å²) < 4.78 is 29.9. The molecule has 1 saturated heterocycles. The molecule has 11 heteroatoms. The second-order valence-corrected chi connectivity index (χ2v) is 11.5. The maximum absolute atomic E-state index is 14.9. The molecule has 37 heavy (non-hydrogen) atoms. The third kappa shape index (κ3) is 4.09. The van der Waals surface area contributed by atoms with Crippen molar-refractivity contribution in [2.24, 2.45) is 5.41 Å². The van der Waals surface area contributed by atoms with Crippen LogP contribution in [0, 0.1) is 11.2 Å². The van der Waals surface area contributed by atoms with Crippen molar-refractivity contribution in [3.05, 3.63) is 52.1 Å². The van der Waals surface area contributed by atoms with E-state index in [9.17, 15) is 4.39 Å². The van der Waals surface area contributed by atoms with Gasteiger partial charge in [0.25, 0.3) is 0 Å². The number of nitrogens with zero attached hydrogens (tertiary/aromatic N) is 4. The van der Waals surface area contributed by atoms with Crippen LogP contribution in [0.3, 0.4) is 0 Å². The summed E-state index contributed by atoms with van der Waals surface area (Å²) in [4.78, 5) is 12.8. The standard InChI is InChI=1S/C26H27Cl2FN6O2/c1-25(2)36-19-18(35-7-5-13-21(30)33-24(28)34-23(13)35)11-26(3,20(19)37-25)6-4-12-8-16(29)14-10-15(27)22(31)32-17(14)9-12/h5,7-10,18-20H,4,6,11H2,1-3H3,(H2,31,32)(H2,30,33,34)/t18-,19+,20+,26+/m1/s1. The minimum Gasteiger partial charge on any atom is -0.383 e. The largest absolute Gasteiger partial charge is 0.383 e. The molecule has 2 aliphatic rings. The van der Waals surface area contributed by atoms with Gasteiger partial charge in [-0.25, -0.2) is 14.4 Å². The van der Waals surface area contributed by atoms with E-state index in [1.807, 2.05) is 32.2 Å². The Kier molecular flexibility index (Phi) is 5.58. The molecular weight excluding hydrogens is 518 g/mol. The van der Waals surface area contributed by atoms with Crippen molar-refractivity contribution in [3.63, 3.8) is 0 Å². The Morgan fingerprint density at radius 3 is 2.62 bits per heavy atom. The van der Waals surface area contributed by atoms with E-state index < -0.39 is 5.79 Å². The minimum atomic E-state index is -0.736. The van der Waals surface area contributed by atoms with Crippen LogP contribution in [0.25, 0.3) is 21.9 Å². The van der Waals surface area contributed by atoms with Crippen LogP contribution >= 0.6 is 23.2 Å². The molecular formula is C26H27Cl2FN6O2. The molecule has 6 rings (SSSR count). The number of benzene rings is 1. The number of hydrogen-bond donors (Lipinski definition) is 2. The first-order valence-electron chi connectivity index (χ1n) is 12.1. The number of ether oxygens (including phenoxy) is 2. The predicted molar refractivity (Wildman–Crippen MR) is 142 cm³/mol. The summed E-state index contributed by atoms with van der Waals surface area (Å²) in [6.07, 6.45) is 3.71. The van der Waals surface area contributed by atoms with Crippen LogP contribution < -0.4 is 11.5 Å². The van der Waals surface area contributed by atoms with Gasteiger partial charge >= 0.3 is 0 Å². The average Bonchev–Trinajstić information content (AvgIpc) is 3.45. The fourth-order valence-corrected chi connectivity index (χ4v) is 6.29. The van der Waals surface area contributed by atoms with Crippen LogP contribution in [0.5, 0.6) is 0 Å². The van der Waals surface area contributed by atoms with Gasteiger partial charge in [-0.3, -0.25) is 0 Å². The molecule has 4 atom stereocenters. The first-order valence-corrected chi connectivity index (χ1v) is 12.9. The van der Waals surface area contributed by atoms with Gasteiger partial charge in [0, 0.05) is 11.6 Å². The summed E-state index contributed by atoms with van der Waals surface area (Å²) in [5.74, 6) is -0.589. The number of halogens is 3. The molecule has 4 heterocycles. The Balaban J connectivity index is 1.33. The molecule has 8 nitrogen and oxygen atoms in total. The number of aromatic nitrogens is 4. The van der Waals surface area contributed by atoms with E-state index in [0.29, 0.717) is 28.8 Å². The quantitative estimate of drug-likeness (QED) is 0.317. The smallest absolute Gasteiger partial charge is 0.226 e. The van der Waals surface area contributed by atoms with Gasteiger partial charge in [0.05, 0.1) is 28.1 Å². The van der Waals surface area contributed by atoms with Gasteiger partial charge in [-0.1, -0.05) is 18.5 Å². The summed E-state index contributed by atoms with van der Waals surface area (Å²) >= 11 is 12.2. The highest BCUT2D eigenvalue weighted by atomic mass is 35.5. The van der Waals surface area contributed by atoms with Crippen molar-refractivity contribution in [3.8, 4) is 0 Å². The zero-order valence-electron chi connectivity index (χ0n) is 20.6. The topological polar surface area (TPSA) is 114 Å². The first kappa shape index (κ1) is 24.6. The van der Waals surface area contributed by atoms with E-state index in [0.717, 1.165) is 23.8 Å². The van der Waals surface area contributed by atoms with Crippen LogP contribution in [-0.4, -0.2) is 37.5 Å². The maximum atomic E-state index is 14.9. The van der Waals surface area contributed by atoms with Crippen LogP contribution in [0.1, 0.15) is 45.2 Å². The predicted octanol–water partition coefficient (Wildman–Crippen LogP) is 5.69. The highest BCUT2D eigenvalue weighted by Crippen LogP contribution is 2.55. The molecule has 3 aromatic heterocycles. The molecule has 0 radical (unpaired) electrons. The van der Waals surface area contributed by atoms with Crippen LogP contribution in [0.4, 0.5) is 16.0 Å². The number of rotatable bonds is 4. The van der Waals surface area contributed by atoms with E-state index in [-0.39, 0.29) is 45.6 Å². The Hall–Kier alpha value is -2.72. The van der Waals surface area contributed by atoms with Crippen molar-refractivity contribution in [1.29, 1.82) is 0 Å². The van der Waals surface area contributed by atoms with Crippen LogP contribution in [0.2, 0.25) is 10.3 Å². The second-order valence-electron chi connectivity index (χ2n) is 10.8. The van der Waals surface area contributed by atoms with Crippen molar-refractivity contribution in [1.82, 2.24) is 19.5 Å². The minimum absolute atomic E-state index is 0.0587. The molecule has 1 aliphatic carbocycles. The number of aryl methyl sites for hydroxylation is 1. The zero-order chi connectivity index (χ0) is 26.3. The summed E-state index contributed by atoms with van der Waals surface area (Å²) in [6, 6.07) is 6.77. The van der Waals surface area contributed by atoms with Gasteiger partial charge in [0.1, 0.15) is 29.2 Å². The van der Waals surface area contributed by atoms with Gasteiger partial charge in [-0.05, 0) is 80.0 Å². The summed E-state index contributed by atoms with van der Waals surface area (Å²) in [7, 11) is 0. The third-order valence-corrected chi connectivity index (χ3v) is 8.18. The second kappa shape index (κ2) is 8.39. The van der Waals surface area contributed by atoms with Gasteiger partial charge in [-0.15, -0.1) is 0 Å². The first-order chi connectivity index (χ1) is 17.4. The molecule has 0 spiro atoms. The van der Waals surface area contributed by atoms with Crippen molar-refractivity contribution in [2.75, 3.05) is 11.5 Å². The summed E-state index contributed by atoms with van der Waals surface area (Å²) in [5, 5.41) is 1.43. The Bertz CT molecular complexity index is 1560. The Morgan fingerprint density at radius 2 is 1.84 bits per heavy atom. The molecule has 1 aromatic carbocycles. The molecule has 0 bridgehead atoms. The Labute approximate surface area is 223 Å². The fourth-order valence-electron chi connectivity index (χ4n) is 5.97. The van der Waals surface area contributed by atoms with Crippen LogP contribution in [-0.2, 0) is 15.9 Å². The van der Waals surface area contributed by atoms with Gasteiger partial charge in [0.15, 0.2) is 5.79 Å². The number of fused-ring (bicyclic) bond motifs is 3. The highest BCUT2D eigenvalue weighted by Gasteiger charge is 2.59. The lowest BCUT2D eigenvalue weighted by atomic mass is 9.80. The highest BCUT2D eigenvalue weighted by molar-refractivity contribution is 6.33. The number of hydrogen-bond acceptors (Lipinski definition) is 7. The number of pyridine rings is 1. The van der Waals surface area contributed by atoms with E-state index in [2.05, 4.69) is 26.4 Å². The molecule has 2 fully saturated rings. The third-order valence-electron chi connectivity index (χ3n) is 7.71.